The Hall–Kier alpha value is -3.46. The van der Waals surface area contributed by atoms with Gasteiger partial charge in [-0.25, -0.2) is 5.43 Å². The first-order chi connectivity index (χ1) is 13.3. The first-order valence-corrected chi connectivity index (χ1v) is 8.40. The highest BCUT2D eigenvalue weighted by Gasteiger charge is 2.19. The number of halogens is 1. The Kier molecular flexibility index (Phi) is 7.05. The van der Waals surface area contributed by atoms with Gasteiger partial charge in [0, 0.05) is 16.8 Å². The molecule has 2 amide bonds. The van der Waals surface area contributed by atoms with Crippen LogP contribution < -0.4 is 15.5 Å². The molecule has 0 saturated heterocycles. The smallest absolute Gasteiger partial charge is 0.282 e. The molecule has 9 nitrogen and oxygen atoms in total. The number of nitro benzene ring substituents is 1. The fourth-order valence-corrected chi connectivity index (χ4v) is 2.45. The molecule has 2 aromatic carbocycles. The summed E-state index contributed by atoms with van der Waals surface area (Å²) < 4.78 is 5.15. The molecule has 0 spiro atoms. The number of nitro groups is 1. The van der Waals surface area contributed by atoms with Crippen molar-refractivity contribution < 1.29 is 19.2 Å². The zero-order valence-corrected chi connectivity index (χ0v) is 15.8. The van der Waals surface area contributed by atoms with E-state index in [9.17, 15) is 19.7 Å². The van der Waals surface area contributed by atoms with E-state index >= 15 is 0 Å². The number of nitrogens with one attached hydrogen (secondary N) is 2. The second kappa shape index (κ2) is 9.47. The van der Waals surface area contributed by atoms with Gasteiger partial charge in [0.2, 0.25) is 5.91 Å². The fraction of sp³-hybridized carbons (Fsp3) is 0.167. The molecule has 0 bridgehead atoms. The van der Waals surface area contributed by atoms with Gasteiger partial charge in [0.1, 0.15) is 11.3 Å². The van der Waals surface area contributed by atoms with E-state index in [4.69, 9.17) is 16.3 Å². The number of amides is 2. The molecular formula is C18H17ClN4O5. The summed E-state index contributed by atoms with van der Waals surface area (Å²) in [6, 6.07) is 10.3. The Morgan fingerprint density at radius 2 is 1.96 bits per heavy atom. The van der Waals surface area contributed by atoms with Crippen molar-refractivity contribution in [2.45, 2.75) is 13.3 Å². The molecule has 0 saturated carbocycles. The van der Waals surface area contributed by atoms with Crippen LogP contribution >= 0.6 is 11.6 Å². The quantitative estimate of drug-likeness (QED) is 0.416. The Morgan fingerprint density at radius 3 is 2.64 bits per heavy atom. The van der Waals surface area contributed by atoms with Crippen LogP contribution in [-0.2, 0) is 4.79 Å². The highest BCUT2D eigenvalue weighted by Crippen LogP contribution is 2.27. The number of rotatable bonds is 7. The van der Waals surface area contributed by atoms with Gasteiger partial charge in [-0.3, -0.25) is 19.7 Å². The zero-order chi connectivity index (χ0) is 20.7. The van der Waals surface area contributed by atoms with Gasteiger partial charge in [0.15, 0.2) is 0 Å². The molecule has 146 valence electrons. The number of methoxy groups -OCH3 is 1. The third-order valence-electron chi connectivity index (χ3n) is 3.55. The molecular weight excluding hydrogens is 388 g/mol. The Labute approximate surface area is 165 Å². The van der Waals surface area contributed by atoms with Gasteiger partial charge < -0.3 is 10.1 Å². The van der Waals surface area contributed by atoms with Gasteiger partial charge in [-0.05, 0) is 31.2 Å². The number of anilines is 1. The van der Waals surface area contributed by atoms with E-state index < -0.39 is 16.7 Å². The summed E-state index contributed by atoms with van der Waals surface area (Å²) in [4.78, 5) is 34.6. The number of hydrogen-bond acceptors (Lipinski definition) is 6. The largest absolute Gasteiger partial charge is 0.495 e. The average molecular weight is 405 g/mol. The summed E-state index contributed by atoms with van der Waals surface area (Å²) in [5.41, 5.74) is 2.45. The minimum atomic E-state index is -0.747. The Balaban J connectivity index is 2.01. The maximum absolute atomic E-state index is 12.2. The minimum Gasteiger partial charge on any atom is -0.495 e. The summed E-state index contributed by atoms with van der Waals surface area (Å²) in [5, 5.41) is 17.9. The molecule has 0 heterocycles. The van der Waals surface area contributed by atoms with Gasteiger partial charge in [0.05, 0.1) is 24.1 Å². The molecule has 0 aromatic heterocycles. The van der Waals surface area contributed by atoms with Crippen LogP contribution in [0.25, 0.3) is 0 Å². The number of benzene rings is 2. The second-order valence-corrected chi connectivity index (χ2v) is 6.07. The summed E-state index contributed by atoms with van der Waals surface area (Å²) in [5.74, 6) is -0.706. The average Bonchev–Trinajstić information content (AvgIpc) is 2.66. The van der Waals surface area contributed by atoms with Crippen LogP contribution in [0.15, 0.2) is 47.6 Å². The molecule has 0 aliphatic heterocycles. The van der Waals surface area contributed by atoms with Crippen LogP contribution in [0.5, 0.6) is 5.75 Å². The molecule has 0 unspecified atom stereocenters. The van der Waals surface area contributed by atoms with Crippen LogP contribution in [0.2, 0.25) is 5.02 Å². The van der Waals surface area contributed by atoms with Crippen LogP contribution in [0, 0.1) is 10.1 Å². The van der Waals surface area contributed by atoms with Crippen molar-refractivity contribution in [3.05, 3.63) is 63.2 Å². The molecule has 0 atom stereocenters. The van der Waals surface area contributed by atoms with Gasteiger partial charge in [0.25, 0.3) is 11.6 Å². The Morgan fingerprint density at radius 1 is 1.25 bits per heavy atom. The topological polar surface area (TPSA) is 123 Å². The molecule has 2 rings (SSSR count). The molecule has 10 heteroatoms. The van der Waals surface area contributed by atoms with Gasteiger partial charge in [-0.1, -0.05) is 23.7 Å². The number of hydrazone groups is 1. The van der Waals surface area contributed by atoms with Crippen molar-refractivity contribution in [3.8, 4) is 5.75 Å². The van der Waals surface area contributed by atoms with Crippen LogP contribution in [0.3, 0.4) is 0 Å². The molecule has 0 fully saturated rings. The van der Waals surface area contributed by atoms with E-state index in [2.05, 4.69) is 15.8 Å². The second-order valence-electron chi connectivity index (χ2n) is 5.63. The standard InChI is InChI=1S/C18H17ClN4O5/c1-11(9-17(24)20-14-10-12(19)7-8-16(14)28-2)21-22-18(25)13-5-3-4-6-15(13)23(26)27/h3-8,10H,9H2,1-2H3,(H,20,24)(H,22,25)/b21-11+. The number of hydrogen-bond donors (Lipinski definition) is 2. The van der Waals surface area contributed by atoms with E-state index in [0.29, 0.717) is 22.2 Å². The van der Waals surface area contributed by atoms with Crippen molar-refractivity contribution in [2.75, 3.05) is 12.4 Å². The molecule has 0 aliphatic carbocycles. The predicted octanol–water partition coefficient (Wildman–Crippen LogP) is 3.39. The molecule has 2 N–H and O–H groups in total. The fourth-order valence-electron chi connectivity index (χ4n) is 2.28. The normalized spacial score (nSPS) is 10.9. The van der Waals surface area contributed by atoms with Gasteiger partial charge >= 0.3 is 0 Å². The Bertz CT molecular complexity index is 945. The first kappa shape index (κ1) is 20.8. The lowest BCUT2D eigenvalue weighted by Crippen LogP contribution is -2.22. The van der Waals surface area contributed by atoms with Crippen LogP contribution in [-0.4, -0.2) is 29.6 Å². The SMILES string of the molecule is COc1ccc(Cl)cc1NC(=O)C/C(C)=N/NC(=O)c1ccccc1[N+](=O)[O-]. The van der Waals surface area contributed by atoms with E-state index in [0.717, 1.165) is 0 Å². The maximum Gasteiger partial charge on any atom is 0.282 e. The van der Waals surface area contributed by atoms with Crippen molar-refractivity contribution in [3.63, 3.8) is 0 Å². The third kappa shape index (κ3) is 5.52. The lowest BCUT2D eigenvalue weighted by atomic mass is 10.2. The lowest BCUT2D eigenvalue weighted by Gasteiger charge is -2.10. The number of carbonyl (C=O) groups excluding carboxylic acids is 2. The maximum atomic E-state index is 12.2. The number of para-hydroxylation sites is 1. The highest BCUT2D eigenvalue weighted by atomic mass is 35.5. The third-order valence-corrected chi connectivity index (χ3v) is 3.78. The molecule has 28 heavy (non-hydrogen) atoms. The molecule has 0 radical (unpaired) electrons. The first-order valence-electron chi connectivity index (χ1n) is 8.02. The van der Waals surface area contributed by atoms with Crippen molar-refractivity contribution >= 4 is 40.5 Å². The summed E-state index contributed by atoms with van der Waals surface area (Å²) in [6.07, 6.45) is -0.118. The summed E-state index contributed by atoms with van der Waals surface area (Å²) in [6.45, 7) is 1.54. The van der Waals surface area contributed by atoms with Crippen molar-refractivity contribution in [1.29, 1.82) is 0 Å². The molecule has 0 aliphatic rings. The minimum absolute atomic E-state index is 0.118. The number of nitrogens with zero attached hydrogens (tertiary/aromatic N) is 2. The van der Waals surface area contributed by atoms with Crippen LogP contribution in [0.1, 0.15) is 23.7 Å². The molecule has 2 aromatic rings. The van der Waals surface area contributed by atoms with Crippen LogP contribution in [0.4, 0.5) is 11.4 Å². The van der Waals surface area contributed by atoms with E-state index in [1.54, 1.807) is 18.2 Å². The highest BCUT2D eigenvalue weighted by molar-refractivity contribution is 6.31. The van der Waals surface area contributed by atoms with E-state index in [1.807, 2.05) is 0 Å². The van der Waals surface area contributed by atoms with Crippen molar-refractivity contribution in [1.82, 2.24) is 5.43 Å². The number of ether oxygens (including phenoxy) is 1. The van der Waals surface area contributed by atoms with Gasteiger partial charge in [-0.15, -0.1) is 0 Å². The predicted molar refractivity (Wildman–Crippen MR) is 105 cm³/mol. The lowest BCUT2D eigenvalue weighted by molar-refractivity contribution is -0.385. The zero-order valence-electron chi connectivity index (χ0n) is 15.1. The monoisotopic (exact) mass is 404 g/mol. The van der Waals surface area contributed by atoms with Gasteiger partial charge in [-0.2, -0.15) is 5.10 Å². The summed E-state index contributed by atoms with van der Waals surface area (Å²) >= 11 is 5.91. The van der Waals surface area contributed by atoms with Crippen molar-refractivity contribution in [2.24, 2.45) is 5.10 Å². The summed E-state index contributed by atoms with van der Waals surface area (Å²) in [7, 11) is 1.46. The van der Waals surface area contributed by atoms with E-state index in [-0.39, 0.29) is 17.7 Å². The number of carbonyl (C=O) groups is 2. The van der Waals surface area contributed by atoms with E-state index in [1.165, 1.54) is 38.3 Å².